The van der Waals surface area contributed by atoms with E-state index in [2.05, 4.69) is 23.2 Å². The van der Waals surface area contributed by atoms with E-state index in [1.807, 2.05) is 12.3 Å². The van der Waals surface area contributed by atoms with Crippen LogP contribution in [-0.2, 0) is 0 Å². The summed E-state index contributed by atoms with van der Waals surface area (Å²) in [5.74, 6) is 0. The van der Waals surface area contributed by atoms with Crippen molar-refractivity contribution >= 4 is 11.3 Å². The van der Waals surface area contributed by atoms with Crippen LogP contribution in [-0.4, -0.2) is 4.98 Å². The normalized spacial score (nSPS) is 15.5. The van der Waals surface area contributed by atoms with Gasteiger partial charge in [0, 0.05) is 12.4 Å². The lowest BCUT2D eigenvalue weighted by atomic mass is 9.99. The molecule has 1 heterocycles. The van der Waals surface area contributed by atoms with Crippen molar-refractivity contribution in [3.63, 3.8) is 0 Å². The van der Waals surface area contributed by atoms with E-state index >= 15 is 0 Å². The summed E-state index contributed by atoms with van der Waals surface area (Å²) in [6.45, 7) is 0. The van der Waals surface area contributed by atoms with Gasteiger partial charge in [-0.1, -0.05) is 18.2 Å². The maximum atomic E-state index is 5.66. The van der Waals surface area contributed by atoms with Gasteiger partial charge in [0.1, 0.15) is 0 Å². The zero-order valence-corrected chi connectivity index (χ0v) is 7.40. The SMILES string of the molecule is Nc1cncc(C2=CC=CCC2)c1. The quantitative estimate of drug-likeness (QED) is 0.706. The topological polar surface area (TPSA) is 38.9 Å². The number of hydrogen-bond acceptors (Lipinski definition) is 2. The second-order valence-corrected chi connectivity index (χ2v) is 3.17. The molecule has 0 bridgehead atoms. The van der Waals surface area contributed by atoms with Crippen molar-refractivity contribution in [2.45, 2.75) is 12.8 Å². The number of aromatic nitrogens is 1. The number of anilines is 1. The van der Waals surface area contributed by atoms with Crippen molar-refractivity contribution in [1.82, 2.24) is 4.98 Å². The second kappa shape index (κ2) is 3.44. The molecule has 0 aromatic carbocycles. The fraction of sp³-hybridized carbons (Fsp3) is 0.182. The summed E-state index contributed by atoms with van der Waals surface area (Å²) in [5, 5.41) is 0. The van der Waals surface area contributed by atoms with Gasteiger partial charge in [-0.2, -0.15) is 0 Å². The van der Waals surface area contributed by atoms with Gasteiger partial charge < -0.3 is 5.73 Å². The zero-order chi connectivity index (χ0) is 9.10. The van der Waals surface area contributed by atoms with Crippen LogP contribution in [0.4, 0.5) is 5.69 Å². The lowest BCUT2D eigenvalue weighted by molar-refractivity contribution is 1.05. The van der Waals surface area contributed by atoms with Crippen molar-refractivity contribution in [1.29, 1.82) is 0 Å². The monoisotopic (exact) mass is 172 g/mol. The number of nitrogens with zero attached hydrogens (tertiary/aromatic N) is 1. The van der Waals surface area contributed by atoms with Gasteiger partial charge in [0.15, 0.2) is 0 Å². The molecule has 2 heteroatoms. The van der Waals surface area contributed by atoms with Gasteiger partial charge in [-0.25, -0.2) is 0 Å². The highest BCUT2D eigenvalue weighted by molar-refractivity contribution is 5.69. The molecule has 0 saturated heterocycles. The van der Waals surface area contributed by atoms with Gasteiger partial charge in [-0.05, 0) is 30.0 Å². The summed E-state index contributed by atoms with van der Waals surface area (Å²) in [4.78, 5) is 4.07. The van der Waals surface area contributed by atoms with Gasteiger partial charge in [-0.15, -0.1) is 0 Å². The summed E-state index contributed by atoms with van der Waals surface area (Å²) in [6, 6.07) is 1.97. The highest BCUT2D eigenvalue weighted by Gasteiger charge is 2.03. The van der Waals surface area contributed by atoms with E-state index < -0.39 is 0 Å². The Balaban J connectivity index is 2.34. The molecular formula is C11H12N2. The van der Waals surface area contributed by atoms with Gasteiger partial charge in [0.25, 0.3) is 0 Å². The highest BCUT2D eigenvalue weighted by atomic mass is 14.7. The first kappa shape index (κ1) is 8.05. The summed E-state index contributed by atoms with van der Waals surface area (Å²) >= 11 is 0. The number of allylic oxidation sites excluding steroid dienone is 4. The van der Waals surface area contributed by atoms with Crippen LogP contribution in [0.25, 0.3) is 5.57 Å². The molecule has 2 rings (SSSR count). The zero-order valence-electron chi connectivity index (χ0n) is 7.40. The van der Waals surface area contributed by atoms with E-state index in [1.54, 1.807) is 6.20 Å². The molecule has 1 aliphatic carbocycles. The molecule has 1 aliphatic rings. The number of rotatable bonds is 1. The van der Waals surface area contributed by atoms with Crippen LogP contribution in [0, 0.1) is 0 Å². The number of nitrogen functional groups attached to an aromatic ring is 1. The maximum Gasteiger partial charge on any atom is 0.0506 e. The lowest BCUT2D eigenvalue weighted by Gasteiger charge is -2.08. The van der Waals surface area contributed by atoms with Crippen molar-refractivity contribution < 1.29 is 0 Å². The summed E-state index contributed by atoms with van der Waals surface area (Å²) in [5.41, 5.74) is 8.85. The number of pyridine rings is 1. The summed E-state index contributed by atoms with van der Waals surface area (Å²) < 4.78 is 0. The second-order valence-electron chi connectivity index (χ2n) is 3.17. The Morgan fingerprint density at radius 3 is 2.92 bits per heavy atom. The Hall–Kier alpha value is -1.57. The van der Waals surface area contributed by atoms with Gasteiger partial charge in [0.2, 0.25) is 0 Å². The average molecular weight is 172 g/mol. The van der Waals surface area contributed by atoms with Crippen LogP contribution >= 0.6 is 0 Å². The fourth-order valence-electron chi connectivity index (χ4n) is 1.48. The molecule has 1 aromatic heterocycles. The standard InChI is InChI=1S/C11H12N2/c12-11-6-10(7-13-8-11)9-4-2-1-3-5-9/h1-2,4,6-8H,3,5,12H2. The molecule has 0 unspecified atom stereocenters. The maximum absolute atomic E-state index is 5.66. The van der Waals surface area contributed by atoms with E-state index in [0.717, 1.165) is 24.1 Å². The predicted molar refractivity (Wildman–Crippen MR) is 55.0 cm³/mol. The van der Waals surface area contributed by atoms with E-state index in [1.165, 1.54) is 5.57 Å². The molecule has 0 radical (unpaired) electrons. The van der Waals surface area contributed by atoms with Crippen LogP contribution in [0.15, 0.2) is 36.7 Å². The third kappa shape index (κ3) is 1.78. The third-order valence-corrected chi connectivity index (χ3v) is 2.14. The van der Waals surface area contributed by atoms with E-state index in [0.29, 0.717) is 0 Å². The first-order valence-corrected chi connectivity index (χ1v) is 4.43. The average Bonchev–Trinajstić information content (AvgIpc) is 2.19. The minimum atomic E-state index is 0.730. The van der Waals surface area contributed by atoms with Gasteiger partial charge in [0.05, 0.1) is 5.69 Å². The highest BCUT2D eigenvalue weighted by Crippen LogP contribution is 2.23. The molecule has 2 N–H and O–H groups in total. The van der Waals surface area contributed by atoms with E-state index in [-0.39, 0.29) is 0 Å². The van der Waals surface area contributed by atoms with Crippen LogP contribution in [0.3, 0.4) is 0 Å². The Labute approximate surface area is 77.8 Å². The lowest BCUT2D eigenvalue weighted by Crippen LogP contribution is -1.92. The molecule has 0 spiro atoms. The summed E-state index contributed by atoms with van der Waals surface area (Å²) in [7, 11) is 0. The molecule has 0 atom stereocenters. The van der Waals surface area contributed by atoms with Gasteiger partial charge >= 0.3 is 0 Å². The van der Waals surface area contributed by atoms with E-state index in [4.69, 9.17) is 5.73 Å². The molecule has 0 aliphatic heterocycles. The smallest absolute Gasteiger partial charge is 0.0506 e. The van der Waals surface area contributed by atoms with Crippen LogP contribution in [0.5, 0.6) is 0 Å². The molecule has 13 heavy (non-hydrogen) atoms. The Morgan fingerprint density at radius 2 is 2.23 bits per heavy atom. The van der Waals surface area contributed by atoms with Crippen LogP contribution in [0.2, 0.25) is 0 Å². The predicted octanol–water partition coefficient (Wildman–Crippen LogP) is 2.40. The van der Waals surface area contributed by atoms with E-state index in [9.17, 15) is 0 Å². The Kier molecular flexibility index (Phi) is 2.13. The summed E-state index contributed by atoms with van der Waals surface area (Å²) in [6.07, 6.45) is 12.1. The fourth-order valence-corrected chi connectivity index (χ4v) is 1.48. The van der Waals surface area contributed by atoms with Crippen molar-refractivity contribution in [3.8, 4) is 0 Å². The third-order valence-electron chi connectivity index (χ3n) is 2.14. The molecule has 1 aromatic rings. The molecule has 0 amide bonds. The minimum Gasteiger partial charge on any atom is -0.397 e. The number of hydrogen-bond donors (Lipinski definition) is 1. The molecule has 2 nitrogen and oxygen atoms in total. The Bertz CT molecular complexity index is 364. The first-order chi connectivity index (χ1) is 6.36. The van der Waals surface area contributed by atoms with Crippen molar-refractivity contribution in [2.24, 2.45) is 0 Å². The minimum absolute atomic E-state index is 0.730. The van der Waals surface area contributed by atoms with Crippen LogP contribution in [0.1, 0.15) is 18.4 Å². The van der Waals surface area contributed by atoms with Crippen molar-refractivity contribution in [3.05, 3.63) is 42.3 Å². The molecule has 66 valence electrons. The number of nitrogens with two attached hydrogens (primary N) is 1. The largest absolute Gasteiger partial charge is 0.397 e. The van der Waals surface area contributed by atoms with Crippen molar-refractivity contribution in [2.75, 3.05) is 5.73 Å². The molecular weight excluding hydrogens is 160 g/mol. The van der Waals surface area contributed by atoms with Crippen LogP contribution < -0.4 is 5.73 Å². The first-order valence-electron chi connectivity index (χ1n) is 4.43. The Morgan fingerprint density at radius 1 is 1.31 bits per heavy atom. The van der Waals surface area contributed by atoms with Gasteiger partial charge in [-0.3, -0.25) is 4.98 Å². The molecule has 0 fully saturated rings. The molecule has 0 saturated carbocycles.